The first-order valence-corrected chi connectivity index (χ1v) is 3.85. The Hall–Kier alpha value is -1.13. The standard InChI is InChI=1S/C7H9FN2O2/c1-3-2-7(8)4(3)9-6(12)10-5(7)11/h3-4H,2H2,1H3,(H2,9,10,11,12). The average molecular weight is 172 g/mol. The Labute approximate surface area is 68.5 Å². The third-order valence-electron chi connectivity index (χ3n) is 2.57. The van der Waals surface area contributed by atoms with E-state index < -0.39 is 23.6 Å². The molecule has 12 heavy (non-hydrogen) atoms. The summed E-state index contributed by atoms with van der Waals surface area (Å²) in [6.07, 6.45) is 0.198. The number of alkyl halides is 1. The lowest BCUT2D eigenvalue weighted by atomic mass is 9.67. The zero-order valence-electron chi connectivity index (χ0n) is 6.56. The lowest BCUT2D eigenvalue weighted by Crippen LogP contribution is -2.75. The van der Waals surface area contributed by atoms with Gasteiger partial charge < -0.3 is 5.32 Å². The van der Waals surface area contributed by atoms with E-state index >= 15 is 0 Å². The Bertz CT molecular complexity index is 268. The molecule has 2 N–H and O–H groups in total. The van der Waals surface area contributed by atoms with Gasteiger partial charge in [0.1, 0.15) is 0 Å². The van der Waals surface area contributed by atoms with Crippen molar-refractivity contribution in [3.8, 4) is 0 Å². The number of halogens is 1. The van der Waals surface area contributed by atoms with Gasteiger partial charge in [-0.05, 0) is 12.3 Å². The number of nitrogens with one attached hydrogen (secondary N) is 2. The second kappa shape index (κ2) is 1.97. The van der Waals surface area contributed by atoms with E-state index in [0.717, 1.165) is 0 Å². The molecule has 2 rings (SSSR count). The largest absolute Gasteiger partial charge is 0.331 e. The molecule has 2 fully saturated rings. The SMILES string of the molecule is CC1CC2(F)C(=O)NC(=O)NC12. The van der Waals surface area contributed by atoms with Crippen molar-refractivity contribution in [2.45, 2.75) is 25.1 Å². The molecule has 1 saturated carbocycles. The quantitative estimate of drug-likeness (QED) is 0.538. The van der Waals surface area contributed by atoms with Crippen LogP contribution in [0.2, 0.25) is 0 Å². The Morgan fingerprint density at radius 3 is 2.83 bits per heavy atom. The van der Waals surface area contributed by atoms with Gasteiger partial charge in [-0.15, -0.1) is 0 Å². The first-order chi connectivity index (χ1) is 5.54. The van der Waals surface area contributed by atoms with Crippen LogP contribution in [0.1, 0.15) is 13.3 Å². The summed E-state index contributed by atoms with van der Waals surface area (Å²) >= 11 is 0. The highest BCUT2D eigenvalue weighted by Crippen LogP contribution is 2.42. The van der Waals surface area contributed by atoms with Gasteiger partial charge in [0.05, 0.1) is 6.04 Å². The maximum Gasteiger partial charge on any atom is 0.321 e. The van der Waals surface area contributed by atoms with Gasteiger partial charge >= 0.3 is 6.03 Å². The second-order valence-electron chi connectivity index (χ2n) is 3.45. The van der Waals surface area contributed by atoms with Crippen LogP contribution in [0.4, 0.5) is 9.18 Å². The Balaban J connectivity index is 2.24. The maximum atomic E-state index is 13.5. The molecule has 1 aliphatic heterocycles. The molecule has 1 heterocycles. The minimum atomic E-state index is -1.85. The molecular weight excluding hydrogens is 163 g/mol. The van der Waals surface area contributed by atoms with E-state index in [1.54, 1.807) is 6.92 Å². The van der Waals surface area contributed by atoms with E-state index in [2.05, 4.69) is 5.32 Å². The maximum absolute atomic E-state index is 13.5. The summed E-state index contributed by atoms with van der Waals surface area (Å²) in [5.41, 5.74) is -1.85. The van der Waals surface area contributed by atoms with E-state index in [1.807, 2.05) is 5.32 Å². The monoisotopic (exact) mass is 172 g/mol. The van der Waals surface area contributed by atoms with Crippen LogP contribution in [0, 0.1) is 5.92 Å². The summed E-state index contributed by atoms with van der Waals surface area (Å²) in [7, 11) is 0. The van der Waals surface area contributed by atoms with Gasteiger partial charge in [0.2, 0.25) is 5.67 Å². The fourth-order valence-electron chi connectivity index (χ4n) is 1.88. The summed E-state index contributed by atoms with van der Waals surface area (Å²) < 4.78 is 13.5. The highest BCUT2D eigenvalue weighted by atomic mass is 19.1. The molecule has 0 bridgehead atoms. The number of fused-ring (bicyclic) bond motifs is 1. The van der Waals surface area contributed by atoms with Crippen molar-refractivity contribution in [3.63, 3.8) is 0 Å². The summed E-state index contributed by atoms with van der Waals surface area (Å²) in [5, 5.41) is 4.30. The van der Waals surface area contributed by atoms with Crippen molar-refractivity contribution in [1.82, 2.24) is 10.6 Å². The van der Waals surface area contributed by atoms with Gasteiger partial charge in [-0.25, -0.2) is 9.18 Å². The van der Waals surface area contributed by atoms with Gasteiger partial charge in [-0.1, -0.05) is 6.92 Å². The molecule has 1 saturated heterocycles. The van der Waals surface area contributed by atoms with Crippen molar-refractivity contribution in [1.29, 1.82) is 0 Å². The third kappa shape index (κ3) is 0.707. The van der Waals surface area contributed by atoms with Gasteiger partial charge in [-0.2, -0.15) is 0 Å². The lowest BCUT2D eigenvalue weighted by Gasteiger charge is -2.49. The molecular formula is C7H9FN2O2. The van der Waals surface area contributed by atoms with E-state index in [-0.39, 0.29) is 12.3 Å². The number of hydrogen-bond donors (Lipinski definition) is 2. The number of imide groups is 1. The first kappa shape index (κ1) is 7.52. The van der Waals surface area contributed by atoms with Gasteiger partial charge in [0, 0.05) is 0 Å². The third-order valence-corrected chi connectivity index (χ3v) is 2.57. The first-order valence-electron chi connectivity index (χ1n) is 3.85. The van der Waals surface area contributed by atoms with Crippen molar-refractivity contribution in [2.75, 3.05) is 0 Å². The number of hydrogen-bond acceptors (Lipinski definition) is 2. The number of urea groups is 1. The number of carbonyl (C=O) groups excluding carboxylic acids is 2. The van der Waals surface area contributed by atoms with Crippen molar-refractivity contribution in [3.05, 3.63) is 0 Å². The highest BCUT2D eigenvalue weighted by molar-refractivity contribution is 6.03. The van der Waals surface area contributed by atoms with E-state index in [1.165, 1.54) is 0 Å². The predicted molar refractivity (Wildman–Crippen MR) is 38.1 cm³/mol. The average Bonchev–Trinajstić information content (AvgIpc) is 1.98. The van der Waals surface area contributed by atoms with Crippen LogP contribution in [-0.4, -0.2) is 23.6 Å². The molecule has 2 aliphatic rings. The number of rotatable bonds is 0. The summed E-state index contributed by atoms with van der Waals surface area (Å²) in [5.74, 6) is -0.751. The topological polar surface area (TPSA) is 58.2 Å². The molecule has 3 atom stereocenters. The molecule has 0 aromatic rings. The van der Waals surface area contributed by atoms with Crippen LogP contribution in [0.5, 0.6) is 0 Å². The number of amides is 3. The normalized spacial score (nSPS) is 45.5. The molecule has 0 radical (unpaired) electrons. The molecule has 5 heteroatoms. The van der Waals surface area contributed by atoms with Crippen molar-refractivity contribution < 1.29 is 14.0 Å². The van der Waals surface area contributed by atoms with Crippen LogP contribution in [0.15, 0.2) is 0 Å². The molecule has 0 aromatic heterocycles. The summed E-state index contributed by atoms with van der Waals surface area (Å²) in [4.78, 5) is 21.7. The van der Waals surface area contributed by atoms with Gasteiger partial charge in [0.15, 0.2) is 0 Å². The fourth-order valence-corrected chi connectivity index (χ4v) is 1.88. The van der Waals surface area contributed by atoms with Crippen LogP contribution < -0.4 is 10.6 Å². The molecule has 1 aliphatic carbocycles. The Morgan fingerprint density at radius 1 is 1.58 bits per heavy atom. The van der Waals surface area contributed by atoms with Gasteiger partial charge in [-0.3, -0.25) is 10.1 Å². The zero-order chi connectivity index (χ0) is 8.93. The van der Waals surface area contributed by atoms with Crippen molar-refractivity contribution in [2.24, 2.45) is 5.92 Å². The van der Waals surface area contributed by atoms with Crippen LogP contribution >= 0.6 is 0 Å². The van der Waals surface area contributed by atoms with E-state index in [0.29, 0.717) is 0 Å². The van der Waals surface area contributed by atoms with Crippen LogP contribution in [0.25, 0.3) is 0 Å². The molecule has 0 spiro atoms. The molecule has 66 valence electrons. The molecule has 3 unspecified atom stereocenters. The highest BCUT2D eigenvalue weighted by Gasteiger charge is 2.61. The minimum absolute atomic E-state index is 0.0463. The van der Waals surface area contributed by atoms with Gasteiger partial charge in [0.25, 0.3) is 5.91 Å². The smallest absolute Gasteiger partial charge is 0.321 e. The fraction of sp³-hybridized carbons (Fsp3) is 0.714. The molecule has 3 amide bonds. The Kier molecular flexibility index (Phi) is 1.23. The Morgan fingerprint density at radius 2 is 2.25 bits per heavy atom. The predicted octanol–water partition coefficient (Wildman–Crippen LogP) is -0.0575. The zero-order valence-corrected chi connectivity index (χ0v) is 6.56. The van der Waals surface area contributed by atoms with Crippen LogP contribution in [-0.2, 0) is 4.79 Å². The molecule has 0 aromatic carbocycles. The second-order valence-corrected chi connectivity index (χ2v) is 3.45. The minimum Gasteiger partial charge on any atom is -0.331 e. The lowest BCUT2D eigenvalue weighted by molar-refractivity contribution is -0.147. The van der Waals surface area contributed by atoms with Crippen molar-refractivity contribution >= 4 is 11.9 Å². The van der Waals surface area contributed by atoms with Crippen LogP contribution in [0.3, 0.4) is 0 Å². The summed E-state index contributed by atoms with van der Waals surface area (Å²) in [6.45, 7) is 1.81. The summed E-state index contributed by atoms with van der Waals surface area (Å²) in [6, 6.07) is -1.22. The van der Waals surface area contributed by atoms with E-state index in [9.17, 15) is 14.0 Å². The molecule has 4 nitrogen and oxygen atoms in total. The van der Waals surface area contributed by atoms with E-state index in [4.69, 9.17) is 0 Å². The number of carbonyl (C=O) groups is 2.